The van der Waals surface area contributed by atoms with Crippen molar-refractivity contribution in [2.45, 2.75) is 40.0 Å². The summed E-state index contributed by atoms with van der Waals surface area (Å²) in [6.45, 7) is 6.73. The molecule has 1 amide bonds. The fourth-order valence-corrected chi connectivity index (χ4v) is 2.41. The first kappa shape index (κ1) is 17.1. The molecule has 0 aliphatic heterocycles. The third kappa shape index (κ3) is 5.44. The largest absolute Gasteiger partial charge is 0.494 e. The molecule has 0 aromatic heterocycles. The van der Waals surface area contributed by atoms with Gasteiger partial charge in [-0.3, -0.25) is 4.79 Å². The van der Waals surface area contributed by atoms with E-state index in [1.807, 2.05) is 38.1 Å². The Labute approximate surface area is 138 Å². The van der Waals surface area contributed by atoms with Crippen LogP contribution in [0.25, 0.3) is 0 Å². The van der Waals surface area contributed by atoms with E-state index in [4.69, 9.17) is 4.74 Å². The highest BCUT2D eigenvalue weighted by atomic mass is 16.5. The van der Waals surface area contributed by atoms with Crippen molar-refractivity contribution in [2.75, 3.05) is 11.9 Å². The summed E-state index contributed by atoms with van der Waals surface area (Å²) in [7, 11) is 0. The van der Waals surface area contributed by atoms with Gasteiger partial charge in [-0.1, -0.05) is 36.8 Å². The second-order valence-electron chi connectivity index (χ2n) is 5.82. The minimum atomic E-state index is 0.0295. The summed E-state index contributed by atoms with van der Waals surface area (Å²) in [4.78, 5) is 12.0. The van der Waals surface area contributed by atoms with E-state index in [1.54, 1.807) is 0 Å². The maximum absolute atomic E-state index is 12.0. The molecule has 0 heterocycles. The van der Waals surface area contributed by atoms with Crippen LogP contribution < -0.4 is 10.1 Å². The maximum atomic E-state index is 12.0. The van der Waals surface area contributed by atoms with Gasteiger partial charge in [0.15, 0.2) is 0 Å². The highest BCUT2D eigenvalue weighted by Gasteiger charge is 2.05. The Bertz CT molecular complexity index is 647. The van der Waals surface area contributed by atoms with Gasteiger partial charge in [-0.25, -0.2) is 0 Å². The Hall–Kier alpha value is -2.29. The van der Waals surface area contributed by atoms with Crippen molar-refractivity contribution in [1.29, 1.82) is 0 Å². The number of ether oxygens (including phenoxy) is 1. The molecule has 0 aliphatic rings. The summed E-state index contributed by atoms with van der Waals surface area (Å²) in [5.74, 6) is 0.888. The molecule has 0 unspecified atom stereocenters. The van der Waals surface area contributed by atoms with Gasteiger partial charge < -0.3 is 10.1 Å². The van der Waals surface area contributed by atoms with E-state index < -0.39 is 0 Å². The highest BCUT2D eigenvalue weighted by molar-refractivity contribution is 5.91. The minimum absolute atomic E-state index is 0.0295. The number of carbonyl (C=O) groups is 1. The van der Waals surface area contributed by atoms with Gasteiger partial charge in [0.2, 0.25) is 5.91 Å². The maximum Gasteiger partial charge on any atom is 0.224 e. The van der Waals surface area contributed by atoms with E-state index in [0.29, 0.717) is 19.4 Å². The Kier molecular flexibility index (Phi) is 6.21. The highest BCUT2D eigenvalue weighted by Crippen LogP contribution is 2.17. The molecule has 23 heavy (non-hydrogen) atoms. The van der Waals surface area contributed by atoms with Crippen LogP contribution in [0.2, 0.25) is 0 Å². The summed E-state index contributed by atoms with van der Waals surface area (Å²) >= 11 is 0. The average molecular weight is 311 g/mol. The predicted molar refractivity (Wildman–Crippen MR) is 95.1 cm³/mol. The summed E-state index contributed by atoms with van der Waals surface area (Å²) in [5.41, 5.74) is 4.47. The fraction of sp³-hybridized carbons (Fsp3) is 0.350. The molecule has 0 spiro atoms. The van der Waals surface area contributed by atoms with Crippen LogP contribution in [0.5, 0.6) is 5.75 Å². The average Bonchev–Trinajstić information content (AvgIpc) is 2.55. The van der Waals surface area contributed by atoms with E-state index in [1.165, 1.54) is 11.1 Å². The van der Waals surface area contributed by atoms with Gasteiger partial charge in [0.1, 0.15) is 5.75 Å². The molecule has 2 aromatic rings. The number of aryl methyl sites for hydroxylation is 3. The SMILES string of the molecule is CCc1ccc(OCCCC(=O)Nc2ccc(C)cc2C)cc1. The predicted octanol–water partition coefficient (Wildman–Crippen LogP) is 4.66. The lowest BCUT2D eigenvalue weighted by atomic mass is 10.1. The molecule has 0 bridgehead atoms. The van der Waals surface area contributed by atoms with Crippen molar-refractivity contribution in [3.8, 4) is 5.75 Å². The number of hydrogen-bond acceptors (Lipinski definition) is 2. The first-order valence-corrected chi connectivity index (χ1v) is 8.17. The second kappa shape index (κ2) is 8.37. The van der Waals surface area contributed by atoms with Gasteiger partial charge in [0.25, 0.3) is 0 Å². The standard InChI is InChI=1S/C20H25NO2/c1-4-17-8-10-18(11-9-17)23-13-5-6-20(22)21-19-12-7-15(2)14-16(19)3/h7-12,14H,4-6,13H2,1-3H3,(H,21,22). The van der Waals surface area contributed by atoms with Gasteiger partial charge in [-0.15, -0.1) is 0 Å². The van der Waals surface area contributed by atoms with E-state index in [9.17, 15) is 4.79 Å². The van der Waals surface area contributed by atoms with E-state index >= 15 is 0 Å². The molecular weight excluding hydrogens is 286 g/mol. The lowest BCUT2D eigenvalue weighted by molar-refractivity contribution is -0.116. The third-order valence-electron chi connectivity index (χ3n) is 3.80. The Balaban J connectivity index is 1.72. The minimum Gasteiger partial charge on any atom is -0.494 e. The Morgan fingerprint density at radius 1 is 1.09 bits per heavy atom. The molecule has 1 N–H and O–H groups in total. The van der Waals surface area contributed by atoms with E-state index in [-0.39, 0.29) is 5.91 Å². The van der Waals surface area contributed by atoms with E-state index in [0.717, 1.165) is 23.4 Å². The molecule has 3 heteroatoms. The lowest BCUT2D eigenvalue weighted by Crippen LogP contribution is -2.13. The Morgan fingerprint density at radius 2 is 1.83 bits per heavy atom. The Morgan fingerprint density at radius 3 is 2.48 bits per heavy atom. The molecule has 0 fully saturated rings. The molecular formula is C20H25NO2. The van der Waals surface area contributed by atoms with Crippen molar-refractivity contribution in [3.63, 3.8) is 0 Å². The summed E-state index contributed by atoms with van der Waals surface area (Å²) in [6.07, 6.45) is 2.19. The number of hydrogen-bond donors (Lipinski definition) is 1. The van der Waals surface area contributed by atoms with Crippen molar-refractivity contribution in [1.82, 2.24) is 0 Å². The molecule has 2 aromatic carbocycles. The van der Waals surface area contributed by atoms with Crippen molar-refractivity contribution < 1.29 is 9.53 Å². The number of rotatable bonds is 7. The molecule has 0 saturated carbocycles. The zero-order valence-electron chi connectivity index (χ0n) is 14.2. The van der Waals surface area contributed by atoms with Crippen LogP contribution in [0, 0.1) is 13.8 Å². The molecule has 0 radical (unpaired) electrons. The number of anilines is 1. The molecule has 0 atom stereocenters. The van der Waals surface area contributed by atoms with Gasteiger partial charge in [0, 0.05) is 12.1 Å². The van der Waals surface area contributed by atoms with Gasteiger partial charge in [-0.2, -0.15) is 0 Å². The van der Waals surface area contributed by atoms with E-state index in [2.05, 4.69) is 30.4 Å². The van der Waals surface area contributed by atoms with Crippen molar-refractivity contribution in [3.05, 3.63) is 59.2 Å². The third-order valence-corrected chi connectivity index (χ3v) is 3.80. The quantitative estimate of drug-likeness (QED) is 0.755. The summed E-state index contributed by atoms with van der Waals surface area (Å²) < 4.78 is 5.67. The lowest BCUT2D eigenvalue weighted by Gasteiger charge is -2.10. The van der Waals surface area contributed by atoms with Crippen LogP contribution in [0.1, 0.15) is 36.5 Å². The van der Waals surface area contributed by atoms with Crippen LogP contribution >= 0.6 is 0 Å². The van der Waals surface area contributed by atoms with Crippen LogP contribution in [0.3, 0.4) is 0 Å². The van der Waals surface area contributed by atoms with Crippen molar-refractivity contribution >= 4 is 11.6 Å². The topological polar surface area (TPSA) is 38.3 Å². The normalized spacial score (nSPS) is 10.4. The summed E-state index contributed by atoms with van der Waals surface area (Å²) in [5, 5.41) is 2.96. The number of benzene rings is 2. The first-order chi connectivity index (χ1) is 11.1. The monoisotopic (exact) mass is 311 g/mol. The molecule has 122 valence electrons. The summed E-state index contributed by atoms with van der Waals surface area (Å²) in [6, 6.07) is 14.1. The van der Waals surface area contributed by atoms with Crippen LogP contribution in [-0.4, -0.2) is 12.5 Å². The van der Waals surface area contributed by atoms with Gasteiger partial charge >= 0.3 is 0 Å². The van der Waals surface area contributed by atoms with Crippen LogP contribution in [-0.2, 0) is 11.2 Å². The first-order valence-electron chi connectivity index (χ1n) is 8.17. The van der Waals surface area contributed by atoms with Crippen molar-refractivity contribution in [2.24, 2.45) is 0 Å². The number of carbonyl (C=O) groups excluding carboxylic acids is 1. The molecule has 0 aliphatic carbocycles. The zero-order chi connectivity index (χ0) is 16.7. The molecule has 2 rings (SSSR count). The second-order valence-corrected chi connectivity index (χ2v) is 5.82. The fourth-order valence-electron chi connectivity index (χ4n) is 2.41. The van der Waals surface area contributed by atoms with Crippen LogP contribution in [0.15, 0.2) is 42.5 Å². The zero-order valence-corrected chi connectivity index (χ0v) is 14.2. The number of amides is 1. The van der Waals surface area contributed by atoms with Gasteiger partial charge in [-0.05, 0) is 56.0 Å². The smallest absolute Gasteiger partial charge is 0.224 e. The number of nitrogens with one attached hydrogen (secondary N) is 1. The molecule has 3 nitrogen and oxygen atoms in total. The van der Waals surface area contributed by atoms with Gasteiger partial charge in [0.05, 0.1) is 6.61 Å². The molecule has 0 saturated heterocycles. The van der Waals surface area contributed by atoms with Crippen LogP contribution in [0.4, 0.5) is 5.69 Å².